The van der Waals surface area contributed by atoms with Gasteiger partial charge in [0.25, 0.3) is 5.91 Å². The number of carbonyl (C=O) groups is 1. The minimum absolute atomic E-state index is 0.138. The van der Waals surface area contributed by atoms with Crippen LogP contribution in [0.2, 0.25) is 0 Å². The van der Waals surface area contributed by atoms with Gasteiger partial charge in [-0.05, 0) is 65.8 Å². The molecule has 1 saturated carbocycles. The Bertz CT molecular complexity index is 1520. The third-order valence-electron chi connectivity index (χ3n) is 7.17. The van der Waals surface area contributed by atoms with E-state index < -0.39 is 34.8 Å². The van der Waals surface area contributed by atoms with Gasteiger partial charge in [-0.3, -0.25) is 9.78 Å². The topological polar surface area (TPSA) is 112 Å². The maximum Gasteiger partial charge on any atom is 0.435 e. The average molecular weight is 553 g/mol. The fourth-order valence-corrected chi connectivity index (χ4v) is 4.70. The molecule has 0 radical (unpaired) electrons. The maximum absolute atomic E-state index is 15.0. The molecule has 5 rings (SSSR count). The highest BCUT2D eigenvalue weighted by atomic mass is 19.4. The van der Waals surface area contributed by atoms with Crippen molar-refractivity contribution in [2.75, 3.05) is 5.32 Å². The number of rotatable bonds is 9. The van der Waals surface area contributed by atoms with E-state index in [4.69, 9.17) is 11.5 Å². The molecule has 2 aromatic heterocycles. The van der Waals surface area contributed by atoms with E-state index in [-0.39, 0.29) is 17.9 Å². The van der Waals surface area contributed by atoms with Gasteiger partial charge in [0.1, 0.15) is 11.5 Å². The summed E-state index contributed by atoms with van der Waals surface area (Å²) in [6.07, 6.45) is 2.18. The highest BCUT2D eigenvalue weighted by molar-refractivity contribution is 6.03. The normalized spacial score (nSPS) is 15.1. The second kappa shape index (κ2) is 10.8. The fourth-order valence-electron chi connectivity index (χ4n) is 4.70. The first kappa shape index (κ1) is 27.5. The average Bonchev–Trinajstić information content (AvgIpc) is 3.67. The number of carbonyl (C=O) groups excluding carboxylic acids is 1. The number of nitrogens with one attached hydrogen (secondary N) is 1. The summed E-state index contributed by atoms with van der Waals surface area (Å²) >= 11 is 0. The largest absolute Gasteiger partial charge is 0.435 e. The second-order valence-corrected chi connectivity index (χ2v) is 10.0. The van der Waals surface area contributed by atoms with Crippen LogP contribution in [0.4, 0.5) is 23.2 Å². The molecular formula is C29H28F4N6O. The molecule has 0 aliphatic heterocycles. The van der Waals surface area contributed by atoms with Crippen LogP contribution in [0.1, 0.15) is 58.6 Å². The summed E-state index contributed by atoms with van der Waals surface area (Å²) in [6.45, 7) is 0.138. The van der Waals surface area contributed by atoms with Crippen molar-refractivity contribution >= 4 is 11.6 Å². The first-order chi connectivity index (χ1) is 19.1. The van der Waals surface area contributed by atoms with Crippen molar-refractivity contribution < 1.29 is 22.4 Å². The van der Waals surface area contributed by atoms with Gasteiger partial charge >= 0.3 is 6.18 Å². The molecular weight excluding hydrogens is 524 g/mol. The predicted octanol–water partition coefficient (Wildman–Crippen LogP) is 5.53. The Morgan fingerprint density at radius 3 is 2.52 bits per heavy atom. The molecule has 2 heterocycles. The molecule has 1 amide bonds. The Hall–Kier alpha value is -4.09. The second-order valence-electron chi connectivity index (χ2n) is 10.0. The van der Waals surface area contributed by atoms with Gasteiger partial charge in [0.2, 0.25) is 0 Å². The number of nitrogens with zero attached hydrogens (tertiary/aromatic N) is 3. The Morgan fingerprint density at radius 1 is 1.05 bits per heavy atom. The van der Waals surface area contributed by atoms with Crippen molar-refractivity contribution in [2.24, 2.45) is 17.4 Å². The monoisotopic (exact) mass is 552 g/mol. The summed E-state index contributed by atoms with van der Waals surface area (Å²) in [5.41, 5.74) is 11.8. The summed E-state index contributed by atoms with van der Waals surface area (Å²) in [6, 6.07) is 14.7. The molecule has 1 unspecified atom stereocenters. The highest BCUT2D eigenvalue weighted by Gasteiger charge is 2.37. The summed E-state index contributed by atoms with van der Waals surface area (Å²) in [7, 11) is 0. The smallest absolute Gasteiger partial charge is 0.326 e. The molecule has 1 aliphatic rings. The van der Waals surface area contributed by atoms with Crippen molar-refractivity contribution in [3.63, 3.8) is 0 Å². The summed E-state index contributed by atoms with van der Waals surface area (Å²) in [5, 5.41) is 6.06. The van der Waals surface area contributed by atoms with Gasteiger partial charge in [0.05, 0.1) is 16.9 Å². The molecule has 208 valence electrons. The molecule has 5 N–H and O–H groups in total. The number of alkyl halides is 3. The molecule has 2 aromatic carbocycles. The van der Waals surface area contributed by atoms with Gasteiger partial charge in [-0.1, -0.05) is 37.1 Å². The zero-order valence-electron chi connectivity index (χ0n) is 21.5. The standard InChI is InChI=1S/C29H28F4N6O/c30-23-9-8-20(28(35,11-10-18-6-7-18)21-4-2-12-36-17-21)14-24(23)37-27(40)25-15-26(29(31,32)33)38-39(25)22-5-1-3-19(13-22)16-34/h1-5,8-9,12-15,17-18H,6-7,10-11,16,34-35H2,(H,37,40). The summed E-state index contributed by atoms with van der Waals surface area (Å²) in [4.78, 5) is 17.5. The van der Waals surface area contributed by atoms with Crippen molar-refractivity contribution in [3.8, 4) is 5.69 Å². The first-order valence-electron chi connectivity index (χ1n) is 12.9. The van der Waals surface area contributed by atoms with Crippen molar-refractivity contribution in [1.29, 1.82) is 0 Å². The molecule has 7 nitrogen and oxygen atoms in total. The van der Waals surface area contributed by atoms with E-state index in [0.717, 1.165) is 29.5 Å². The van der Waals surface area contributed by atoms with Gasteiger partial charge in [-0.25, -0.2) is 9.07 Å². The highest BCUT2D eigenvalue weighted by Crippen LogP contribution is 2.40. The van der Waals surface area contributed by atoms with E-state index in [0.29, 0.717) is 29.5 Å². The van der Waals surface area contributed by atoms with Gasteiger partial charge in [0.15, 0.2) is 5.69 Å². The lowest BCUT2D eigenvalue weighted by Gasteiger charge is -2.31. The predicted molar refractivity (Wildman–Crippen MR) is 142 cm³/mol. The van der Waals surface area contributed by atoms with E-state index in [1.807, 2.05) is 6.07 Å². The number of anilines is 1. The number of benzene rings is 2. The lowest BCUT2D eigenvalue weighted by atomic mass is 9.80. The SMILES string of the molecule is NCc1cccc(-n2nc(C(F)(F)F)cc2C(=O)Nc2cc(C(N)(CCC3CC3)c3cccnc3)ccc2F)c1. The van der Waals surface area contributed by atoms with E-state index in [2.05, 4.69) is 15.4 Å². The quantitative estimate of drug-likeness (QED) is 0.237. The minimum atomic E-state index is -4.80. The van der Waals surface area contributed by atoms with Gasteiger partial charge in [-0.2, -0.15) is 18.3 Å². The van der Waals surface area contributed by atoms with Crippen molar-refractivity contribution in [1.82, 2.24) is 14.8 Å². The number of halogens is 4. The van der Waals surface area contributed by atoms with E-state index in [9.17, 15) is 22.4 Å². The van der Waals surface area contributed by atoms with Crippen LogP contribution >= 0.6 is 0 Å². The molecule has 40 heavy (non-hydrogen) atoms. The molecule has 0 saturated heterocycles. The lowest BCUT2D eigenvalue weighted by Crippen LogP contribution is -2.38. The van der Waals surface area contributed by atoms with Crippen LogP contribution in [0.5, 0.6) is 0 Å². The number of nitrogens with two attached hydrogens (primary N) is 2. The molecule has 11 heteroatoms. The van der Waals surface area contributed by atoms with E-state index in [1.165, 1.54) is 24.3 Å². The third kappa shape index (κ3) is 5.75. The van der Waals surface area contributed by atoms with Crippen LogP contribution in [0.15, 0.2) is 73.1 Å². The first-order valence-corrected chi connectivity index (χ1v) is 12.9. The van der Waals surface area contributed by atoms with Crippen LogP contribution in [0.3, 0.4) is 0 Å². The van der Waals surface area contributed by atoms with Crippen molar-refractivity contribution in [3.05, 3.63) is 107 Å². The number of hydrogen-bond acceptors (Lipinski definition) is 5. The number of pyridine rings is 1. The number of aromatic nitrogens is 3. The minimum Gasteiger partial charge on any atom is -0.326 e. The Labute approximate surface area is 228 Å². The van der Waals surface area contributed by atoms with Crippen LogP contribution in [-0.2, 0) is 18.3 Å². The molecule has 1 atom stereocenters. The van der Waals surface area contributed by atoms with Crippen LogP contribution in [0.25, 0.3) is 5.69 Å². The summed E-state index contributed by atoms with van der Waals surface area (Å²) in [5.74, 6) is -1.15. The van der Waals surface area contributed by atoms with Gasteiger partial charge in [-0.15, -0.1) is 0 Å². The third-order valence-corrected chi connectivity index (χ3v) is 7.17. The van der Waals surface area contributed by atoms with Gasteiger partial charge in [0, 0.05) is 25.0 Å². The van der Waals surface area contributed by atoms with E-state index >= 15 is 0 Å². The zero-order valence-corrected chi connectivity index (χ0v) is 21.5. The molecule has 0 bridgehead atoms. The van der Waals surface area contributed by atoms with Crippen molar-refractivity contribution in [2.45, 2.75) is 43.9 Å². The van der Waals surface area contributed by atoms with Crippen LogP contribution in [-0.4, -0.2) is 20.7 Å². The Kier molecular flexibility index (Phi) is 7.43. The Balaban J connectivity index is 1.51. The van der Waals surface area contributed by atoms with Crippen LogP contribution in [0, 0.1) is 11.7 Å². The molecule has 0 spiro atoms. The molecule has 1 fully saturated rings. The van der Waals surface area contributed by atoms with E-state index in [1.54, 1.807) is 36.7 Å². The maximum atomic E-state index is 15.0. The number of hydrogen-bond donors (Lipinski definition) is 3. The molecule has 4 aromatic rings. The molecule has 1 aliphatic carbocycles. The fraction of sp³-hybridized carbons (Fsp3) is 0.276. The Morgan fingerprint density at radius 2 is 1.85 bits per heavy atom. The van der Waals surface area contributed by atoms with Gasteiger partial charge < -0.3 is 16.8 Å². The van der Waals surface area contributed by atoms with Crippen LogP contribution < -0.4 is 16.8 Å². The number of amides is 1. The zero-order chi connectivity index (χ0) is 28.5. The lowest BCUT2D eigenvalue weighted by molar-refractivity contribution is -0.141. The summed E-state index contributed by atoms with van der Waals surface area (Å²) < 4.78 is 56.6.